The second-order valence-corrected chi connectivity index (χ2v) is 3.55. The molecule has 1 N–H and O–H groups in total. The van der Waals surface area contributed by atoms with Gasteiger partial charge in [-0.05, 0) is 34.5 Å². The van der Waals surface area contributed by atoms with Gasteiger partial charge in [0.15, 0.2) is 5.58 Å². The lowest BCUT2D eigenvalue weighted by Gasteiger charge is -1.95. The van der Waals surface area contributed by atoms with Gasteiger partial charge in [0.05, 0.1) is 5.69 Å². The molecule has 1 heterocycles. The summed E-state index contributed by atoms with van der Waals surface area (Å²) in [6.07, 6.45) is 0.824. The Kier molecular flexibility index (Phi) is 2.00. The summed E-state index contributed by atoms with van der Waals surface area (Å²) in [7, 11) is 0. The fourth-order valence-corrected chi connectivity index (χ4v) is 1.69. The average Bonchev–Trinajstić information content (AvgIpc) is 2.55. The number of phenolic OH excluding ortho intramolecular Hbond substituents is 1. The minimum absolute atomic E-state index is 0.173. The molecule has 0 unspecified atom stereocenters. The van der Waals surface area contributed by atoms with E-state index in [1.165, 1.54) is 0 Å². The Hall–Kier alpha value is -1.03. The fourth-order valence-electron chi connectivity index (χ4n) is 1.27. The first kappa shape index (κ1) is 8.56. The van der Waals surface area contributed by atoms with Crippen LogP contribution in [0.5, 0.6) is 5.75 Å². The lowest BCUT2D eigenvalue weighted by Crippen LogP contribution is -1.78. The third-order valence-electron chi connectivity index (χ3n) is 1.97. The first-order valence-electron chi connectivity index (χ1n) is 3.99. The monoisotopic (exact) mass is 241 g/mol. The van der Waals surface area contributed by atoms with Gasteiger partial charge in [-0.25, -0.2) is 0 Å². The predicted octanol–water partition coefficient (Wildman–Crippen LogP) is 2.86. The van der Waals surface area contributed by atoms with Crippen molar-refractivity contribution in [1.82, 2.24) is 5.16 Å². The van der Waals surface area contributed by atoms with Gasteiger partial charge >= 0.3 is 0 Å². The second kappa shape index (κ2) is 3.03. The standard InChI is InChI=1S/C9H8BrNO2/c1-2-6-5-3-4-7(12)8(10)9(5)13-11-6/h3-4,12H,2H2,1H3. The Morgan fingerprint density at radius 3 is 3.00 bits per heavy atom. The first-order valence-corrected chi connectivity index (χ1v) is 4.79. The Balaban J connectivity index is 2.81. The number of fused-ring (bicyclic) bond motifs is 1. The lowest BCUT2D eigenvalue weighted by molar-refractivity contribution is 0.439. The normalized spacial score (nSPS) is 10.9. The van der Waals surface area contributed by atoms with E-state index in [0.29, 0.717) is 10.1 Å². The van der Waals surface area contributed by atoms with Crippen molar-refractivity contribution < 1.29 is 9.63 Å². The zero-order chi connectivity index (χ0) is 9.42. The number of aryl methyl sites for hydroxylation is 1. The minimum atomic E-state index is 0.173. The van der Waals surface area contributed by atoms with Crippen molar-refractivity contribution in [2.45, 2.75) is 13.3 Å². The van der Waals surface area contributed by atoms with Crippen molar-refractivity contribution in [3.8, 4) is 5.75 Å². The van der Waals surface area contributed by atoms with Gasteiger partial charge in [0.25, 0.3) is 0 Å². The van der Waals surface area contributed by atoms with Gasteiger partial charge < -0.3 is 9.63 Å². The third kappa shape index (κ3) is 1.21. The number of nitrogens with zero attached hydrogens (tertiary/aromatic N) is 1. The number of rotatable bonds is 1. The van der Waals surface area contributed by atoms with Crippen LogP contribution < -0.4 is 0 Å². The Morgan fingerprint density at radius 2 is 2.31 bits per heavy atom. The minimum Gasteiger partial charge on any atom is -0.507 e. The van der Waals surface area contributed by atoms with Gasteiger partial charge in [-0.1, -0.05) is 12.1 Å². The van der Waals surface area contributed by atoms with Gasteiger partial charge in [0.1, 0.15) is 10.2 Å². The van der Waals surface area contributed by atoms with E-state index in [9.17, 15) is 5.11 Å². The van der Waals surface area contributed by atoms with Crippen LogP contribution in [0.2, 0.25) is 0 Å². The van der Waals surface area contributed by atoms with E-state index in [0.717, 1.165) is 17.5 Å². The molecule has 0 aliphatic carbocycles. The third-order valence-corrected chi connectivity index (χ3v) is 2.74. The van der Waals surface area contributed by atoms with Crippen molar-refractivity contribution in [3.05, 3.63) is 22.3 Å². The lowest BCUT2D eigenvalue weighted by atomic mass is 10.2. The van der Waals surface area contributed by atoms with Crippen LogP contribution in [-0.4, -0.2) is 10.3 Å². The van der Waals surface area contributed by atoms with Crippen molar-refractivity contribution in [2.24, 2.45) is 0 Å². The smallest absolute Gasteiger partial charge is 0.185 e. The van der Waals surface area contributed by atoms with Crippen molar-refractivity contribution in [2.75, 3.05) is 0 Å². The average molecular weight is 242 g/mol. The van der Waals surface area contributed by atoms with Crippen molar-refractivity contribution >= 4 is 26.9 Å². The van der Waals surface area contributed by atoms with Gasteiger partial charge in [0.2, 0.25) is 0 Å². The highest BCUT2D eigenvalue weighted by Gasteiger charge is 2.11. The molecule has 1 aromatic heterocycles. The van der Waals surface area contributed by atoms with E-state index in [2.05, 4.69) is 21.1 Å². The zero-order valence-electron chi connectivity index (χ0n) is 7.04. The predicted molar refractivity (Wildman–Crippen MR) is 52.8 cm³/mol. The largest absolute Gasteiger partial charge is 0.507 e. The van der Waals surface area contributed by atoms with Crippen molar-refractivity contribution in [3.63, 3.8) is 0 Å². The van der Waals surface area contributed by atoms with Crippen molar-refractivity contribution in [1.29, 1.82) is 0 Å². The van der Waals surface area contributed by atoms with E-state index in [1.807, 2.05) is 13.0 Å². The molecule has 0 saturated heterocycles. The summed E-state index contributed by atoms with van der Waals surface area (Å²) < 4.78 is 5.66. The van der Waals surface area contributed by atoms with Crippen LogP contribution in [0.15, 0.2) is 21.1 Å². The van der Waals surface area contributed by atoms with Crippen LogP contribution in [0.1, 0.15) is 12.6 Å². The van der Waals surface area contributed by atoms with Gasteiger partial charge in [-0.2, -0.15) is 0 Å². The van der Waals surface area contributed by atoms with Crippen LogP contribution in [0.25, 0.3) is 11.0 Å². The zero-order valence-corrected chi connectivity index (χ0v) is 8.63. The summed E-state index contributed by atoms with van der Waals surface area (Å²) in [5.41, 5.74) is 1.52. The number of hydrogen-bond acceptors (Lipinski definition) is 3. The van der Waals surface area contributed by atoms with Crippen LogP contribution in [0, 0.1) is 0 Å². The molecule has 0 fully saturated rings. The molecule has 2 rings (SSSR count). The molecule has 0 amide bonds. The highest BCUT2D eigenvalue weighted by atomic mass is 79.9. The number of aromatic hydroxyl groups is 1. The van der Waals surface area contributed by atoms with E-state index in [1.54, 1.807) is 6.07 Å². The SMILES string of the molecule is CCc1noc2c(Br)c(O)ccc12. The number of aromatic nitrogens is 1. The number of halogens is 1. The van der Waals surface area contributed by atoms with Crippen LogP contribution in [0.4, 0.5) is 0 Å². The van der Waals surface area contributed by atoms with E-state index >= 15 is 0 Å². The molecule has 3 nitrogen and oxygen atoms in total. The molecular formula is C9H8BrNO2. The summed E-state index contributed by atoms with van der Waals surface area (Å²) in [5, 5.41) is 14.2. The Morgan fingerprint density at radius 1 is 1.54 bits per heavy atom. The van der Waals surface area contributed by atoms with Crippen LogP contribution in [0.3, 0.4) is 0 Å². The molecule has 13 heavy (non-hydrogen) atoms. The molecule has 0 aliphatic rings. The number of phenols is 1. The molecule has 0 radical (unpaired) electrons. The van der Waals surface area contributed by atoms with Gasteiger partial charge in [-0.15, -0.1) is 0 Å². The van der Waals surface area contributed by atoms with E-state index in [-0.39, 0.29) is 5.75 Å². The maximum absolute atomic E-state index is 9.36. The molecule has 0 saturated carbocycles. The topological polar surface area (TPSA) is 46.3 Å². The molecule has 0 atom stereocenters. The molecule has 2 aromatic rings. The fraction of sp³-hybridized carbons (Fsp3) is 0.222. The summed E-state index contributed by atoms with van der Waals surface area (Å²) in [6.45, 7) is 2.01. The first-order chi connectivity index (χ1) is 6.24. The molecular weight excluding hydrogens is 234 g/mol. The quantitative estimate of drug-likeness (QED) is 0.836. The van der Waals surface area contributed by atoms with Gasteiger partial charge in [-0.3, -0.25) is 0 Å². The Bertz CT molecular complexity index is 450. The number of benzene rings is 1. The highest BCUT2D eigenvalue weighted by molar-refractivity contribution is 9.10. The molecule has 1 aromatic carbocycles. The summed E-state index contributed by atoms with van der Waals surface area (Å²) in [5.74, 6) is 0.173. The molecule has 4 heteroatoms. The maximum atomic E-state index is 9.36. The maximum Gasteiger partial charge on any atom is 0.185 e. The highest BCUT2D eigenvalue weighted by Crippen LogP contribution is 2.33. The summed E-state index contributed by atoms with van der Waals surface area (Å²) in [6, 6.07) is 3.44. The molecule has 68 valence electrons. The second-order valence-electron chi connectivity index (χ2n) is 2.76. The summed E-state index contributed by atoms with van der Waals surface area (Å²) in [4.78, 5) is 0. The summed E-state index contributed by atoms with van der Waals surface area (Å²) >= 11 is 3.24. The number of hydrogen-bond donors (Lipinski definition) is 1. The molecule has 0 bridgehead atoms. The molecule has 0 spiro atoms. The van der Waals surface area contributed by atoms with Crippen LogP contribution >= 0.6 is 15.9 Å². The Labute approximate surface area is 83.5 Å². The van der Waals surface area contributed by atoms with E-state index < -0.39 is 0 Å². The van der Waals surface area contributed by atoms with Crippen LogP contribution in [-0.2, 0) is 6.42 Å². The van der Waals surface area contributed by atoms with Gasteiger partial charge in [0, 0.05) is 5.39 Å². The van der Waals surface area contributed by atoms with E-state index in [4.69, 9.17) is 4.52 Å². The molecule has 0 aliphatic heterocycles.